The van der Waals surface area contributed by atoms with Crippen LogP contribution in [0.25, 0.3) is 0 Å². The van der Waals surface area contributed by atoms with Crippen molar-refractivity contribution in [2.24, 2.45) is 5.92 Å². The molecule has 1 aliphatic carbocycles. The molecule has 0 atom stereocenters. The van der Waals surface area contributed by atoms with Gasteiger partial charge in [0.25, 0.3) is 0 Å². The van der Waals surface area contributed by atoms with Crippen LogP contribution in [0.5, 0.6) is 0 Å². The topological polar surface area (TPSA) is 91.6 Å². The lowest BCUT2D eigenvalue weighted by Gasteiger charge is -2.36. The molecular formula is C17H25N5O3. The fraction of sp³-hybridized carbons (Fsp3) is 0.647. The number of nitro groups is 1. The highest BCUT2D eigenvalue weighted by Gasteiger charge is 2.29. The highest BCUT2D eigenvalue weighted by atomic mass is 16.6. The largest absolute Gasteiger partial charge is 0.363 e. The maximum absolute atomic E-state index is 12.4. The van der Waals surface area contributed by atoms with E-state index >= 15 is 0 Å². The van der Waals surface area contributed by atoms with Crippen LogP contribution in [0, 0.1) is 16.0 Å². The standard InChI is InChI=1S/C17H25N5O3/c23-17(14-4-1-2-5-14)21-12-10-20(11-13-21)9-8-19-16-15(22(24)25)6-3-7-18-16/h3,6-7,14H,1-2,4-5,8-13H2,(H,18,19). The first-order chi connectivity index (χ1) is 12.1. The minimum absolute atomic E-state index is 0.00511. The summed E-state index contributed by atoms with van der Waals surface area (Å²) in [6.07, 6.45) is 6.00. The average molecular weight is 347 g/mol. The molecule has 1 aromatic heterocycles. The highest BCUT2D eigenvalue weighted by Crippen LogP contribution is 2.27. The number of aromatic nitrogens is 1. The zero-order valence-corrected chi connectivity index (χ0v) is 14.4. The number of pyridine rings is 1. The third-order valence-corrected chi connectivity index (χ3v) is 5.09. The second-order valence-corrected chi connectivity index (χ2v) is 6.70. The van der Waals surface area contributed by atoms with Crippen molar-refractivity contribution in [2.45, 2.75) is 25.7 Å². The fourth-order valence-corrected chi connectivity index (χ4v) is 3.64. The highest BCUT2D eigenvalue weighted by molar-refractivity contribution is 5.79. The maximum atomic E-state index is 12.4. The number of piperazine rings is 1. The molecule has 8 nitrogen and oxygen atoms in total. The van der Waals surface area contributed by atoms with Crippen LogP contribution < -0.4 is 5.32 Å². The summed E-state index contributed by atoms with van der Waals surface area (Å²) in [5, 5.41) is 14.0. The summed E-state index contributed by atoms with van der Waals surface area (Å²) in [6, 6.07) is 3.01. The Hall–Kier alpha value is -2.22. The van der Waals surface area contributed by atoms with Crippen molar-refractivity contribution in [1.29, 1.82) is 0 Å². The van der Waals surface area contributed by atoms with Gasteiger partial charge in [-0.05, 0) is 18.9 Å². The van der Waals surface area contributed by atoms with Crippen LogP contribution in [0.1, 0.15) is 25.7 Å². The quantitative estimate of drug-likeness (QED) is 0.622. The zero-order chi connectivity index (χ0) is 17.6. The number of hydrogen-bond acceptors (Lipinski definition) is 6. The van der Waals surface area contributed by atoms with Gasteiger partial charge in [-0.15, -0.1) is 0 Å². The van der Waals surface area contributed by atoms with Gasteiger partial charge < -0.3 is 10.2 Å². The number of rotatable bonds is 6. The lowest BCUT2D eigenvalue weighted by Crippen LogP contribution is -2.50. The van der Waals surface area contributed by atoms with Crippen molar-refractivity contribution < 1.29 is 9.72 Å². The van der Waals surface area contributed by atoms with Crippen LogP contribution >= 0.6 is 0 Å². The Labute approximate surface area is 147 Å². The Kier molecular flexibility index (Phi) is 5.80. The maximum Gasteiger partial charge on any atom is 0.311 e. The molecule has 1 saturated carbocycles. The third kappa shape index (κ3) is 4.45. The monoisotopic (exact) mass is 347 g/mol. The van der Waals surface area contributed by atoms with Crippen molar-refractivity contribution in [3.8, 4) is 0 Å². The van der Waals surface area contributed by atoms with E-state index in [-0.39, 0.29) is 11.6 Å². The molecule has 3 rings (SSSR count). The Balaban J connectivity index is 1.41. The van der Waals surface area contributed by atoms with Gasteiger partial charge in [0, 0.05) is 57.4 Å². The summed E-state index contributed by atoms with van der Waals surface area (Å²) in [7, 11) is 0. The van der Waals surface area contributed by atoms with Crippen molar-refractivity contribution in [3.63, 3.8) is 0 Å². The smallest absolute Gasteiger partial charge is 0.311 e. The van der Waals surface area contributed by atoms with E-state index in [9.17, 15) is 14.9 Å². The van der Waals surface area contributed by atoms with Crippen molar-refractivity contribution >= 4 is 17.4 Å². The average Bonchev–Trinajstić information content (AvgIpc) is 3.17. The lowest BCUT2D eigenvalue weighted by molar-refractivity contribution is -0.384. The molecular weight excluding hydrogens is 322 g/mol. The first-order valence-corrected chi connectivity index (χ1v) is 8.99. The second-order valence-electron chi connectivity index (χ2n) is 6.70. The number of amides is 1. The van der Waals surface area contributed by atoms with Gasteiger partial charge in [0.1, 0.15) is 0 Å². The molecule has 0 unspecified atom stereocenters. The van der Waals surface area contributed by atoms with Gasteiger partial charge >= 0.3 is 5.69 Å². The summed E-state index contributed by atoms with van der Waals surface area (Å²) < 4.78 is 0. The van der Waals surface area contributed by atoms with Gasteiger partial charge in [0.2, 0.25) is 11.7 Å². The van der Waals surface area contributed by atoms with E-state index in [1.54, 1.807) is 12.3 Å². The van der Waals surface area contributed by atoms with E-state index in [2.05, 4.69) is 15.2 Å². The van der Waals surface area contributed by atoms with E-state index in [0.717, 1.165) is 45.6 Å². The van der Waals surface area contributed by atoms with Gasteiger partial charge in [0.15, 0.2) is 0 Å². The van der Waals surface area contributed by atoms with Gasteiger partial charge in [-0.1, -0.05) is 12.8 Å². The minimum Gasteiger partial charge on any atom is -0.363 e. The molecule has 25 heavy (non-hydrogen) atoms. The SMILES string of the molecule is O=C(C1CCCC1)N1CCN(CCNc2ncccc2[N+](=O)[O-])CC1. The zero-order valence-electron chi connectivity index (χ0n) is 14.4. The Morgan fingerprint density at radius 2 is 2.00 bits per heavy atom. The summed E-state index contributed by atoms with van der Waals surface area (Å²) >= 11 is 0. The number of carbonyl (C=O) groups is 1. The molecule has 2 heterocycles. The molecule has 0 spiro atoms. The molecule has 2 aliphatic rings. The summed E-state index contributed by atoms with van der Waals surface area (Å²) in [6.45, 7) is 4.63. The lowest BCUT2D eigenvalue weighted by atomic mass is 10.1. The molecule has 0 aromatic carbocycles. The van der Waals surface area contributed by atoms with Gasteiger partial charge in [-0.25, -0.2) is 4.98 Å². The minimum atomic E-state index is -0.428. The van der Waals surface area contributed by atoms with Crippen LogP contribution in [0.15, 0.2) is 18.3 Å². The van der Waals surface area contributed by atoms with E-state index in [4.69, 9.17) is 0 Å². The molecule has 1 aliphatic heterocycles. The van der Waals surface area contributed by atoms with Crippen LogP contribution in [-0.2, 0) is 4.79 Å². The first-order valence-electron chi connectivity index (χ1n) is 8.99. The summed E-state index contributed by atoms with van der Waals surface area (Å²) in [5.74, 6) is 0.889. The summed E-state index contributed by atoms with van der Waals surface area (Å²) in [5.41, 5.74) is -0.00511. The Bertz CT molecular complexity index is 610. The van der Waals surface area contributed by atoms with E-state index in [1.807, 2.05) is 4.90 Å². The molecule has 1 amide bonds. The molecule has 2 fully saturated rings. The van der Waals surface area contributed by atoms with Crippen LogP contribution in [-0.4, -0.2) is 64.9 Å². The predicted octanol–water partition coefficient (Wildman–Crippen LogP) is 1.74. The first kappa shape index (κ1) is 17.6. The number of hydrogen-bond donors (Lipinski definition) is 1. The van der Waals surface area contributed by atoms with E-state index in [0.29, 0.717) is 18.3 Å². The second kappa shape index (κ2) is 8.24. The number of carbonyl (C=O) groups excluding carboxylic acids is 1. The van der Waals surface area contributed by atoms with E-state index in [1.165, 1.54) is 18.9 Å². The van der Waals surface area contributed by atoms with Crippen molar-refractivity contribution in [2.75, 3.05) is 44.6 Å². The number of nitrogens with zero attached hydrogens (tertiary/aromatic N) is 4. The van der Waals surface area contributed by atoms with Crippen LogP contribution in [0.3, 0.4) is 0 Å². The third-order valence-electron chi connectivity index (χ3n) is 5.09. The molecule has 0 radical (unpaired) electrons. The van der Waals surface area contributed by atoms with E-state index < -0.39 is 4.92 Å². The van der Waals surface area contributed by atoms with Gasteiger partial charge in [-0.2, -0.15) is 0 Å². The molecule has 8 heteroatoms. The molecule has 0 bridgehead atoms. The van der Waals surface area contributed by atoms with Crippen molar-refractivity contribution in [3.05, 3.63) is 28.4 Å². The van der Waals surface area contributed by atoms with Crippen molar-refractivity contribution in [1.82, 2.24) is 14.8 Å². The fourth-order valence-electron chi connectivity index (χ4n) is 3.64. The normalized spacial score (nSPS) is 19.1. The van der Waals surface area contributed by atoms with Crippen LogP contribution in [0.2, 0.25) is 0 Å². The van der Waals surface area contributed by atoms with Crippen LogP contribution in [0.4, 0.5) is 11.5 Å². The molecule has 1 N–H and O–H groups in total. The predicted molar refractivity (Wildman–Crippen MR) is 94.4 cm³/mol. The van der Waals surface area contributed by atoms with Gasteiger partial charge in [-0.3, -0.25) is 19.8 Å². The Morgan fingerprint density at radius 3 is 2.68 bits per heavy atom. The molecule has 136 valence electrons. The molecule has 1 aromatic rings. The molecule has 1 saturated heterocycles. The summed E-state index contributed by atoms with van der Waals surface area (Å²) in [4.78, 5) is 31.3. The Morgan fingerprint density at radius 1 is 1.28 bits per heavy atom. The number of nitrogens with one attached hydrogen (secondary N) is 1. The van der Waals surface area contributed by atoms with Gasteiger partial charge in [0.05, 0.1) is 4.92 Å². The number of anilines is 1.